The van der Waals surface area contributed by atoms with Crippen LogP contribution < -0.4 is 0 Å². The molecule has 0 bridgehead atoms. The summed E-state index contributed by atoms with van der Waals surface area (Å²) in [6, 6.07) is 0. The summed E-state index contributed by atoms with van der Waals surface area (Å²) in [4.78, 5) is 0. The molecule has 0 aromatic carbocycles. The molecule has 0 atom stereocenters. The maximum atomic E-state index is 8.77. The van der Waals surface area contributed by atoms with E-state index in [1.54, 1.807) is 5.57 Å². The molecule has 1 nitrogen and oxygen atoms in total. The molecule has 0 spiro atoms. The van der Waals surface area contributed by atoms with Crippen LogP contribution in [0.3, 0.4) is 0 Å². The number of allylic oxidation sites excluding steroid dienone is 5. The summed E-state index contributed by atoms with van der Waals surface area (Å²) < 4.78 is 0. The van der Waals surface area contributed by atoms with Gasteiger partial charge in [0.15, 0.2) is 0 Å². The van der Waals surface area contributed by atoms with E-state index in [1.165, 1.54) is 49.7 Å². The lowest BCUT2D eigenvalue weighted by atomic mass is 10.1. The van der Waals surface area contributed by atoms with Gasteiger partial charge in [-0.1, -0.05) is 34.9 Å². The highest BCUT2D eigenvalue weighted by Gasteiger charge is 2.04. The van der Waals surface area contributed by atoms with Crippen LogP contribution in [0.25, 0.3) is 0 Å². The minimum Gasteiger partial charge on any atom is -0.392 e. The highest BCUT2D eigenvalue weighted by Crippen LogP contribution is 2.24. The first-order valence-electron chi connectivity index (χ1n) is 7.32. The highest BCUT2D eigenvalue weighted by atomic mass is 16.2. The number of aliphatic hydroxyl groups is 1. The largest absolute Gasteiger partial charge is 0.392 e. The average Bonchev–Trinajstić information content (AvgIpc) is 2.82. The van der Waals surface area contributed by atoms with E-state index in [-0.39, 0.29) is 6.61 Å². The van der Waals surface area contributed by atoms with Crippen LogP contribution in [0.2, 0.25) is 0 Å². The molecule has 0 saturated heterocycles. The Balaban J connectivity index is 2.17. The maximum absolute atomic E-state index is 8.77. The summed E-state index contributed by atoms with van der Waals surface area (Å²) in [7, 11) is 0. The Kier molecular flexibility index (Phi) is 7.75. The normalized spacial score (nSPS) is 17.4. The first-order chi connectivity index (χ1) is 8.72. The van der Waals surface area contributed by atoms with Gasteiger partial charge in [-0.3, -0.25) is 0 Å². The van der Waals surface area contributed by atoms with Crippen LogP contribution in [0.1, 0.15) is 65.2 Å². The van der Waals surface area contributed by atoms with Gasteiger partial charge >= 0.3 is 0 Å². The third-order valence-corrected chi connectivity index (χ3v) is 3.69. The fourth-order valence-electron chi connectivity index (χ4n) is 2.44. The zero-order valence-corrected chi connectivity index (χ0v) is 12.0. The third kappa shape index (κ3) is 6.80. The van der Waals surface area contributed by atoms with Crippen molar-refractivity contribution in [1.82, 2.24) is 0 Å². The number of rotatable bonds is 7. The van der Waals surface area contributed by atoms with E-state index in [0.717, 1.165) is 12.8 Å². The van der Waals surface area contributed by atoms with Crippen molar-refractivity contribution in [2.45, 2.75) is 65.2 Å². The van der Waals surface area contributed by atoms with Crippen molar-refractivity contribution in [3.8, 4) is 0 Å². The summed E-state index contributed by atoms with van der Waals surface area (Å²) in [5, 5.41) is 8.77. The van der Waals surface area contributed by atoms with E-state index in [9.17, 15) is 0 Å². The Labute approximate surface area is 112 Å². The molecule has 18 heavy (non-hydrogen) atoms. The Morgan fingerprint density at radius 2 is 1.61 bits per heavy atom. The molecular weight excluding hydrogens is 220 g/mol. The van der Waals surface area contributed by atoms with E-state index in [2.05, 4.69) is 26.0 Å². The Hall–Kier alpha value is -0.820. The molecule has 1 aliphatic carbocycles. The van der Waals surface area contributed by atoms with Crippen molar-refractivity contribution in [3.63, 3.8) is 0 Å². The first kappa shape index (κ1) is 15.2. The van der Waals surface area contributed by atoms with E-state index in [0.29, 0.717) is 0 Å². The Bertz CT molecular complexity index is 313. The van der Waals surface area contributed by atoms with Crippen LogP contribution in [-0.4, -0.2) is 11.7 Å². The monoisotopic (exact) mass is 248 g/mol. The van der Waals surface area contributed by atoms with Gasteiger partial charge in [0.2, 0.25) is 0 Å². The zero-order valence-electron chi connectivity index (χ0n) is 12.0. The molecule has 1 saturated carbocycles. The second-order valence-electron chi connectivity index (χ2n) is 5.43. The highest BCUT2D eigenvalue weighted by molar-refractivity contribution is 5.08. The van der Waals surface area contributed by atoms with Gasteiger partial charge < -0.3 is 5.11 Å². The summed E-state index contributed by atoms with van der Waals surface area (Å²) in [5.74, 6) is 0. The molecule has 0 aromatic heterocycles. The molecule has 0 amide bonds. The molecule has 1 N–H and O–H groups in total. The topological polar surface area (TPSA) is 20.2 Å². The predicted octanol–water partition coefficient (Wildman–Crippen LogP) is 4.93. The number of hydrogen-bond acceptors (Lipinski definition) is 1. The average molecular weight is 248 g/mol. The predicted molar refractivity (Wildman–Crippen MR) is 79.6 cm³/mol. The van der Waals surface area contributed by atoms with Gasteiger partial charge in [-0.2, -0.15) is 0 Å². The second-order valence-corrected chi connectivity index (χ2v) is 5.43. The van der Waals surface area contributed by atoms with E-state index in [4.69, 9.17) is 5.11 Å². The molecule has 1 aliphatic rings. The molecule has 0 aromatic rings. The molecule has 1 heteroatoms. The standard InChI is InChI=1S/C17H28O/c1-15(7-5-8-16(2)13-14-18)9-6-12-17-10-3-4-11-17/h7,12-13,18H,3-6,8-11,14H2,1-2H3/b15-7+,16-13+. The second kappa shape index (κ2) is 9.16. The minimum atomic E-state index is 0.169. The van der Waals surface area contributed by atoms with Crippen LogP contribution in [0, 0.1) is 0 Å². The SMILES string of the molecule is C/C(=C\CC/C(C)=C/CO)CCC=C1CCCC1. The van der Waals surface area contributed by atoms with E-state index in [1.807, 2.05) is 6.08 Å². The lowest BCUT2D eigenvalue weighted by Crippen LogP contribution is -1.82. The lowest BCUT2D eigenvalue weighted by molar-refractivity contribution is 0.341. The fourth-order valence-corrected chi connectivity index (χ4v) is 2.44. The zero-order chi connectivity index (χ0) is 13.2. The van der Waals surface area contributed by atoms with Crippen LogP contribution >= 0.6 is 0 Å². The van der Waals surface area contributed by atoms with Crippen LogP contribution in [0.5, 0.6) is 0 Å². The molecule has 1 rings (SSSR count). The fraction of sp³-hybridized carbons (Fsp3) is 0.647. The Morgan fingerprint density at radius 1 is 1.00 bits per heavy atom. The van der Waals surface area contributed by atoms with Gasteiger partial charge in [-0.05, 0) is 65.2 Å². The van der Waals surface area contributed by atoms with Crippen molar-refractivity contribution in [1.29, 1.82) is 0 Å². The smallest absolute Gasteiger partial charge is 0.0614 e. The molecule has 102 valence electrons. The summed E-state index contributed by atoms with van der Waals surface area (Å²) in [6.45, 7) is 4.49. The van der Waals surface area contributed by atoms with Gasteiger partial charge in [-0.25, -0.2) is 0 Å². The summed E-state index contributed by atoms with van der Waals surface area (Å²) >= 11 is 0. The summed E-state index contributed by atoms with van der Waals surface area (Å²) in [6.07, 6.45) is 16.8. The molecule has 1 fully saturated rings. The van der Waals surface area contributed by atoms with Crippen molar-refractivity contribution in [2.75, 3.05) is 6.61 Å². The van der Waals surface area contributed by atoms with E-state index < -0.39 is 0 Å². The maximum Gasteiger partial charge on any atom is 0.0614 e. The summed E-state index contributed by atoms with van der Waals surface area (Å²) in [5.41, 5.74) is 4.47. The van der Waals surface area contributed by atoms with Crippen LogP contribution in [-0.2, 0) is 0 Å². The van der Waals surface area contributed by atoms with Crippen LogP contribution in [0.4, 0.5) is 0 Å². The first-order valence-corrected chi connectivity index (χ1v) is 7.32. The number of aliphatic hydroxyl groups excluding tert-OH is 1. The van der Waals surface area contributed by atoms with Crippen LogP contribution in [0.15, 0.2) is 34.9 Å². The van der Waals surface area contributed by atoms with Crippen molar-refractivity contribution in [2.24, 2.45) is 0 Å². The van der Waals surface area contributed by atoms with Gasteiger partial charge in [-0.15, -0.1) is 0 Å². The molecule has 0 aliphatic heterocycles. The quantitative estimate of drug-likeness (QED) is 0.633. The van der Waals surface area contributed by atoms with E-state index >= 15 is 0 Å². The van der Waals surface area contributed by atoms with Gasteiger partial charge in [0.25, 0.3) is 0 Å². The molecule has 0 unspecified atom stereocenters. The lowest BCUT2D eigenvalue weighted by Gasteiger charge is -2.01. The van der Waals surface area contributed by atoms with Crippen molar-refractivity contribution in [3.05, 3.63) is 34.9 Å². The van der Waals surface area contributed by atoms with Gasteiger partial charge in [0.1, 0.15) is 0 Å². The molecule has 0 radical (unpaired) electrons. The molecular formula is C17H28O. The minimum absolute atomic E-state index is 0.169. The van der Waals surface area contributed by atoms with Gasteiger partial charge in [0.05, 0.1) is 6.61 Å². The Morgan fingerprint density at radius 3 is 2.28 bits per heavy atom. The number of hydrogen-bond donors (Lipinski definition) is 1. The molecule has 0 heterocycles. The van der Waals surface area contributed by atoms with Gasteiger partial charge in [0, 0.05) is 0 Å². The third-order valence-electron chi connectivity index (χ3n) is 3.69. The van der Waals surface area contributed by atoms with Crippen molar-refractivity contribution < 1.29 is 5.11 Å². The van der Waals surface area contributed by atoms with Crippen molar-refractivity contribution >= 4 is 0 Å².